The zero-order chi connectivity index (χ0) is 20.0. The summed E-state index contributed by atoms with van der Waals surface area (Å²) < 4.78 is 20.9. The van der Waals surface area contributed by atoms with E-state index in [9.17, 15) is 14.0 Å². The maximum atomic E-state index is 13.4. The molecule has 4 heterocycles. The molecule has 2 aliphatic rings. The van der Waals surface area contributed by atoms with Crippen LogP contribution < -0.4 is 0 Å². The number of carbonyl (C=O) groups is 2. The number of fused-ring (bicyclic) bond motifs is 1. The number of amides is 1. The molecule has 1 amide bonds. The van der Waals surface area contributed by atoms with Crippen molar-refractivity contribution in [1.29, 1.82) is 0 Å². The van der Waals surface area contributed by atoms with Crippen LogP contribution in [-0.4, -0.2) is 50.5 Å². The average molecular weight is 396 g/mol. The van der Waals surface area contributed by atoms with Gasteiger partial charge in [0.1, 0.15) is 17.6 Å². The standard InChI is InChI=1S/C21H21FN4O3/c22-15-1-2-17-14(9-15)10-18(24-17)19(27)26-6-3-21(4-7-26)11-16(29-20(21)28)12-25-8-5-23-13-25/h1-2,5,8-10,13,16,24H,3-4,6-7,11-12H2. The molecule has 1 atom stereocenters. The number of cyclic esters (lactones) is 1. The van der Waals surface area contributed by atoms with Gasteiger partial charge in [-0.3, -0.25) is 9.59 Å². The molecular weight excluding hydrogens is 375 g/mol. The number of esters is 1. The van der Waals surface area contributed by atoms with E-state index < -0.39 is 5.41 Å². The molecule has 2 aliphatic heterocycles. The number of rotatable bonds is 3. The van der Waals surface area contributed by atoms with Crippen molar-refractivity contribution in [2.24, 2.45) is 5.41 Å². The van der Waals surface area contributed by atoms with Crippen LogP contribution in [0.5, 0.6) is 0 Å². The van der Waals surface area contributed by atoms with Crippen LogP contribution in [0, 0.1) is 11.2 Å². The van der Waals surface area contributed by atoms with Gasteiger partial charge in [0, 0.05) is 42.8 Å². The van der Waals surface area contributed by atoms with Crippen LogP contribution in [-0.2, 0) is 16.1 Å². The highest BCUT2D eigenvalue weighted by molar-refractivity contribution is 5.98. The van der Waals surface area contributed by atoms with E-state index >= 15 is 0 Å². The third-order valence-electron chi connectivity index (χ3n) is 6.12. The monoisotopic (exact) mass is 396 g/mol. The molecule has 1 aromatic carbocycles. The molecule has 150 valence electrons. The fourth-order valence-electron chi connectivity index (χ4n) is 4.50. The summed E-state index contributed by atoms with van der Waals surface area (Å²) >= 11 is 0. The fraction of sp³-hybridized carbons (Fsp3) is 0.381. The van der Waals surface area contributed by atoms with Gasteiger partial charge in [0.25, 0.3) is 5.91 Å². The predicted octanol–water partition coefficient (Wildman–Crippen LogP) is 2.74. The van der Waals surface area contributed by atoms with E-state index in [1.807, 2.05) is 10.8 Å². The summed E-state index contributed by atoms with van der Waals surface area (Å²) in [5.41, 5.74) is 0.657. The Kier molecular flexibility index (Phi) is 4.15. The number of benzene rings is 1. The van der Waals surface area contributed by atoms with Crippen LogP contribution in [0.1, 0.15) is 29.8 Å². The summed E-state index contributed by atoms with van der Waals surface area (Å²) in [6.45, 7) is 1.59. The normalized spacial score (nSPS) is 21.1. The Bertz CT molecular complexity index is 1070. The van der Waals surface area contributed by atoms with Gasteiger partial charge < -0.3 is 19.2 Å². The van der Waals surface area contributed by atoms with E-state index in [0.717, 1.165) is 5.52 Å². The molecular formula is C21H21FN4O3. The largest absolute Gasteiger partial charge is 0.460 e. The highest BCUT2D eigenvalue weighted by Crippen LogP contribution is 2.43. The number of H-pyrrole nitrogens is 1. The molecule has 1 spiro atoms. The van der Waals surface area contributed by atoms with Crippen molar-refractivity contribution < 1.29 is 18.7 Å². The summed E-state index contributed by atoms with van der Waals surface area (Å²) in [7, 11) is 0. The molecule has 1 N–H and O–H groups in total. The number of nitrogens with one attached hydrogen (secondary N) is 1. The number of ether oxygens (including phenoxy) is 1. The van der Waals surface area contributed by atoms with Crippen molar-refractivity contribution in [3.8, 4) is 0 Å². The topological polar surface area (TPSA) is 80.2 Å². The number of imidazole rings is 1. The number of hydrogen-bond donors (Lipinski definition) is 1. The zero-order valence-corrected chi connectivity index (χ0v) is 15.8. The molecule has 0 bridgehead atoms. The minimum atomic E-state index is -0.508. The molecule has 2 fully saturated rings. The van der Waals surface area contributed by atoms with Gasteiger partial charge in [-0.05, 0) is 37.1 Å². The minimum absolute atomic E-state index is 0.127. The van der Waals surface area contributed by atoms with Crippen LogP contribution in [0.2, 0.25) is 0 Å². The van der Waals surface area contributed by atoms with E-state index in [1.165, 1.54) is 12.1 Å². The lowest BCUT2D eigenvalue weighted by molar-refractivity contribution is -0.150. The van der Waals surface area contributed by atoms with E-state index in [-0.39, 0.29) is 23.8 Å². The molecule has 0 radical (unpaired) electrons. The van der Waals surface area contributed by atoms with Crippen molar-refractivity contribution in [2.75, 3.05) is 13.1 Å². The smallest absolute Gasteiger partial charge is 0.312 e. The minimum Gasteiger partial charge on any atom is -0.460 e. The number of piperidine rings is 1. The zero-order valence-electron chi connectivity index (χ0n) is 15.8. The van der Waals surface area contributed by atoms with E-state index in [0.29, 0.717) is 50.0 Å². The molecule has 7 nitrogen and oxygen atoms in total. The average Bonchev–Trinajstić information content (AvgIpc) is 3.42. The van der Waals surface area contributed by atoms with Crippen molar-refractivity contribution >= 4 is 22.8 Å². The van der Waals surface area contributed by atoms with E-state index in [2.05, 4.69) is 9.97 Å². The van der Waals surface area contributed by atoms with Crippen molar-refractivity contribution in [1.82, 2.24) is 19.4 Å². The van der Waals surface area contributed by atoms with Crippen molar-refractivity contribution in [3.63, 3.8) is 0 Å². The highest BCUT2D eigenvalue weighted by atomic mass is 19.1. The summed E-state index contributed by atoms with van der Waals surface area (Å²) in [6, 6.07) is 6.07. The molecule has 29 heavy (non-hydrogen) atoms. The molecule has 2 aromatic heterocycles. The predicted molar refractivity (Wildman–Crippen MR) is 103 cm³/mol. The SMILES string of the molecule is O=C(c1cc2cc(F)ccc2[nH]1)N1CCC2(CC1)CC(Cn1ccnc1)OC2=O. The van der Waals surface area contributed by atoms with Gasteiger partial charge in [-0.15, -0.1) is 0 Å². The first-order valence-electron chi connectivity index (χ1n) is 9.77. The van der Waals surface area contributed by atoms with Gasteiger partial charge in [-0.25, -0.2) is 9.37 Å². The van der Waals surface area contributed by atoms with Crippen LogP contribution in [0.25, 0.3) is 10.9 Å². The first-order chi connectivity index (χ1) is 14.0. The highest BCUT2D eigenvalue weighted by Gasteiger charge is 2.50. The third kappa shape index (κ3) is 3.18. The number of carbonyl (C=O) groups excluding carboxylic acids is 2. The Labute approximate surface area is 166 Å². The first-order valence-corrected chi connectivity index (χ1v) is 9.77. The van der Waals surface area contributed by atoms with Crippen LogP contribution in [0.3, 0.4) is 0 Å². The Morgan fingerprint density at radius 1 is 1.31 bits per heavy atom. The van der Waals surface area contributed by atoms with Gasteiger partial charge in [-0.1, -0.05) is 0 Å². The second kappa shape index (κ2) is 6.72. The van der Waals surface area contributed by atoms with Gasteiger partial charge >= 0.3 is 5.97 Å². The molecule has 0 aliphatic carbocycles. The second-order valence-corrected chi connectivity index (χ2v) is 7.98. The maximum absolute atomic E-state index is 13.4. The summed E-state index contributed by atoms with van der Waals surface area (Å²) in [5, 5.41) is 0.670. The van der Waals surface area contributed by atoms with Crippen LogP contribution in [0.15, 0.2) is 43.0 Å². The Morgan fingerprint density at radius 2 is 2.14 bits per heavy atom. The van der Waals surface area contributed by atoms with Gasteiger partial charge in [0.15, 0.2) is 0 Å². The second-order valence-electron chi connectivity index (χ2n) is 7.98. The summed E-state index contributed by atoms with van der Waals surface area (Å²) in [4.78, 5) is 34.3. The molecule has 8 heteroatoms. The van der Waals surface area contributed by atoms with Crippen LogP contribution in [0.4, 0.5) is 4.39 Å². The summed E-state index contributed by atoms with van der Waals surface area (Å²) in [6.07, 6.45) is 6.95. The van der Waals surface area contributed by atoms with Crippen LogP contribution >= 0.6 is 0 Å². The lowest BCUT2D eigenvalue weighted by Crippen LogP contribution is -2.45. The lowest BCUT2D eigenvalue weighted by atomic mass is 9.76. The number of likely N-dealkylation sites (tertiary alicyclic amines) is 1. The summed E-state index contributed by atoms with van der Waals surface area (Å²) in [5.74, 6) is -0.617. The fourth-order valence-corrected chi connectivity index (χ4v) is 4.50. The Balaban J connectivity index is 1.25. The van der Waals surface area contributed by atoms with E-state index in [4.69, 9.17) is 4.74 Å². The number of aromatic nitrogens is 3. The van der Waals surface area contributed by atoms with Gasteiger partial charge in [0.2, 0.25) is 0 Å². The molecule has 3 aromatic rings. The quantitative estimate of drug-likeness (QED) is 0.691. The number of nitrogens with zero attached hydrogens (tertiary/aromatic N) is 3. The van der Waals surface area contributed by atoms with Crippen molar-refractivity contribution in [3.05, 3.63) is 54.5 Å². The number of hydrogen-bond acceptors (Lipinski definition) is 4. The molecule has 0 saturated carbocycles. The molecule has 2 saturated heterocycles. The van der Waals surface area contributed by atoms with Crippen molar-refractivity contribution in [2.45, 2.75) is 31.9 Å². The number of halogens is 1. The number of aromatic amines is 1. The Morgan fingerprint density at radius 3 is 2.90 bits per heavy atom. The van der Waals surface area contributed by atoms with E-state index in [1.54, 1.807) is 29.6 Å². The molecule has 1 unspecified atom stereocenters. The van der Waals surface area contributed by atoms with Gasteiger partial charge in [-0.2, -0.15) is 0 Å². The third-order valence-corrected chi connectivity index (χ3v) is 6.12. The maximum Gasteiger partial charge on any atom is 0.312 e. The molecule has 5 rings (SSSR count). The first kappa shape index (κ1) is 17.9. The lowest BCUT2D eigenvalue weighted by Gasteiger charge is -2.36. The van der Waals surface area contributed by atoms with Gasteiger partial charge in [0.05, 0.1) is 18.3 Å². The Hall–Kier alpha value is -3.16.